The van der Waals surface area contributed by atoms with E-state index in [2.05, 4.69) is 20.3 Å². The van der Waals surface area contributed by atoms with Crippen LogP contribution in [0.1, 0.15) is 17.9 Å². The molecule has 0 aliphatic rings. The van der Waals surface area contributed by atoms with Crippen LogP contribution in [0.25, 0.3) is 22.3 Å². The Hall–Kier alpha value is -3.17. The third-order valence-electron chi connectivity index (χ3n) is 4.57. The van der Waals surface area contributed by atoms with Gasteiger partial charge in [-0.1, -0.05) is 6.07 Å². The van der Waals surface area contributed by atoms with Gasteiger partial charge in [0.1, 0.15) is 17.3 Å². The maximum absolute atomic E-state index is 14.2. The highest BCUT2D eigenvalue weighted by Gasteiger charge is 2.24. The standard InChI is InChI=1S/C20H17F2N5OS/c21-11-3-4-12(16(22)8-11)14(5-6-23)19(28)27-20-26-17(10-29-20)15-9-25-18-13(15)2-1-7-24-18/h1-4,7-10,14H,5-6,23H2,(H,24,25)(H,26,27,28). The molecule has 0 fully saturated rings. The van der Waals surface area contributed by atoms with Crippen molar-refractivity contribution in [2.45, 2.75) is 12.3 Å². The van der Waals surface area contributed by atoms with Gasteiger partial charge in [0, 0.05) is 40.4 Å². The zero-order chi connectivity index (χ0) is 20.4. The fourth-order valence-corrected chi connectivity index (χ4v) is 3.91. The molecule has 1 amide bonds. The van der Waals surface area contributed by atoms with Gasteiger partial charge in [-0.25, -0.2) is 18.7 Å². The maximum Gasteiger partial charge on any atom is 0.233 e. The minimum absolute atomic E-state index is 0.105. The number of pyridine rings is 1. The Balaban J connectivity index is 1.57. The van der Waals surface area contributed by atoms with Crippen molar-refractivity contribution in [3.05, 3.63) is 65.3 Å². The van der Waals surface area contributed by atoms with Crippen LogP contribution in [0, 0.1) is 11.6 Å². The van der Waals surface area contributed by atoms with E-state index in [9.17, 15) is 13.6 Å². The SMILES string of the molecule is NCCC(C(=O)Nc1nc(-c2c[nH]c3ncccc23)cs1)c1ccc(F)cc1F. The summed E-state index contributed by atoms with van der Waals surface area (Å²) >= 11 is 1.26. The van der Waals surface area contributed by atoms with Crippen LogP contribution < -0.4 is 11.1 Å². The average molecular weight is 413 g/mol. The molecule has 1 unspecified atom stereocenters. The summed E-state index contributed by atoms with van der Waals surface area (Å²) in [6, 6.07) is 6.93. The molecule has 4 N–H and O–H groups in total. The van der Waals surface area contributed by atoms with Gasteiger partial charge in [0.15, 0.2) is 5.13 Å². The molecule has 29 heavy (non-hydrogen) atoms. The van der Waals surface area contributed by atoms with E-state index in [0.29, 0.717) is 10.8 Å². The lowest BCUT2D eigenvalue weighted by Crippen LogP contribution is -2.24. The molecule has 0 aliphatic heterocycles. The highest BCUT2D eigenvalue weighted by atomic mass is 32.1. The highest BCUT2D eigenvalue weighted by Crippen LogP contribution is 2.31. The quantitative estimate of drug-likeness (QED) is 0.445. The predicted molar refractivity (Wildman–Crippen MR) is 109 cm³/mol. The van der Waals surface area contributed by atoms with Crippen LogP contribution in [-0.4, -0.2) is 27.4 Å². The number of nitrogens with zero attached hydrogens (tertiary/aromatic N) is 2. The lowest BCUT2D eigenvalue weighted by atomic mass is 9.94. The van der Waals surface area contributed by atoms with E-state index in [4.69, 9.17) is 5.73 Å². The molecule has 0 spiro atoms. The van der Waals surface area contributed by atoms with Crippen molar-refractivity contribution >= 4 is 33.4 Å². The van der Waals surface area contributed by atoms with E-state index in [0.717, 1.165) is 28.7 Å². The molecule has 0 aliphatic carbocycles. The largest absolute Gasteiger partial charge is 0.345 e. The molecule has 6 nitrogen and oxygen atoms in total. The molecule has 4 rings (SSSR count). The molecule has 1 aromatic carbocycles. The number of fused-ring (bicyclic) bond motifs is 1. The molecular formula is C20H17F2N5OS. The number of hydrogen-bond acceptors (Lipinski definition) is 5. The van der Waals surface area contributed by atoms with Gasteiger partial charge in [-0.15, -0.1) is 11.3 Å². The van der Waals surface area contributed by atoms with Crippen molar-refractivity contribution in [1.29, 1.82) is 0 Å². The summed E-state index contributed by atoms with van der Waals surface area (Å²) in [6.07, 6.45) is 3.73. The first-order valence-corrected chi connectivity index (χ1v) is 9.78. The Labute approximate surface area is 168 Å². The molecule has 3 aromatic heterocycles. The third kappa shape index (κ3) is 3.87. The number of nitrogens with two attached hydrogens (primary N) is 1. The maximum atomic E-state index is 14.2. The summed E-state index contributed by atoms with van der Waals surface area (Å²) in [5.41, 5.74) is 8.01. The van der Waals surface area contributed by atoms with Crippen molar-refractivity contribution < 1.29 is 13.6 Å². The highest BCUT2D eigenvalue weighted by molar-refractivity contribution is 7.14. The minimum Gasteiger partial charge on any atom is -0.345 e. The molecule has 0 bridgehead atoms. The van der Waals surface area contributed by atoms with E-state index in [-0.39, 0.29) is 18.5 Å². The number of carbonyl (C=O) groups excluding carboxylic acids is 1. The van der Waals surface area contributed by atoms with Gasteiger partial charge in [-0.05, 0) is 31.2 Å². The van der Waals surface area contributed by atoms with Crippen molar-refractivity contribution in [2.75, 3.05) is 11.9 Å². The van der Waals surface area contributed by atoms with E-state index in [1.165, 1.54) is 17.4 Å². The summed E-state index contributed by atoms with van der Waals surface area (Å²) in [6.45, 7) is 0.181. The van der Waals surface area contributed by atoms with E-state index in [1.54, 1.807) is 6.20 Å². The lowest BCUT2D eigenvalue weighted by molar-refractivity contribution is -0.117. The van der Waals surface area contributed by atoms with Gasteiger partial charge in [0.05, 0.1) is 11.6 Å². The third-order valence-corrected chi connectivity index (χ3v) is 5.33. The van der Waals surface area contributed by atoms with Crippen LogP contribution in [0.4, 0.5) is 13.9 Å². The first-order valence-electron chi connectivity index (χ1n) is 8.90. The Morgan fingerprint density at radius 1 is 1.31 bits per heavy atom. The average Bonchev–Trinajstić information content (AvgIpc) is 3.33. The monoisotopic (exact) mass is 413 g/mol. The van der Waals surface area contributed by atoms with Crippen molar-refractivity contribution in [3.63, 3.8) is 0 Å². The summed E-state index contributed by atoms with van der Waals surface area (Å²) < 4.78 is 27.4. The molecular weight excluding hydrogens is 396 g/mol. The normalized spacial score (nSPS) is 12.2. The topological polar surface area (TPSA) is 96.7 Å². The Kier molecular flexibility index (Phi) is 5.32. The Morgan fingerprint density at radius 2 is 2.17 bits per heavy atom. The number of amides is 1. The minimum atomic E-state index is -0.842. The molecule has 0 saturated heterocycles. The predicted octanol–water partition coefficient (Wildman–Crippen LogP) is 4.04. The van der Waals surface area contributed by atoms with Gasteiger partial charge in [-0.3, -0.25) is 4.79 Å². The van der Waals surface area contributed by atoms with Crippen LogP contribution in [0.2, 0.25) is 0 Å². The van der Waals surface area contributed by atoms with Gasteiger partial charge in [-0.2, -0.15) is 0 Å². The number of aromatic amines is 1. The molecule has 1 atom stereocenters. The van der Waals surface area contributed by atoms with E-state index in [1.807, 2.05) is 23.7 Å². The summed E-state index contributed by atoms with van der Waals surface area (Å²) in [7, 11) is 0. The fraction of sp³-hybridized carbons (Fsp3) is 0.150. The second-order valence-electron chi connectivity index (χ2n) is 6.42. The second kappa shape index (κ2) is 8.06. The van der Waals surface area contributed by atoms with E-state index < -0.39 is 23.5 Å². The number of carbonyl (C=O) groups is 1. The number of thiazole rings is 1. The smallest absolute Gasteiger partial charge is 0.233 e. The zero-order valence-corrected chi connectivity index (χ0v) is 16.0. The number of halogens is 2. The molecule has 148 valence electrons. The number of benzene rings is 1. The number of aromatic nitrogens is 3. The summed E-state index contributed by atoms with van der Waals surface area (Å²) in [4.78, 5) is 24.6. The lowest BCUT2D eigenvalue weighted by Gasteiger charge is -2.16. The molecule has 9 heteroatoms. The van der Waals surface area contributed by atoms with Crippen molar-refractivity contribution in [2.24, 2.45) is 5.73 Å². The number of nitrogens with one attached hydrogen (secondary N) is 2. The van der Waals surface area contributed by atoms with Crippen molar-refractivity contribution in [3.8, 4) is 11.3 Å². The first kappa shape index (κ1) is 19.2. The zero-order valence-electron chi connectivity index (χ0n) is 15.2. The van der Waals surface area contributed by atoms with E-state index >= 15 is 0 Å². The summed E-state index contributed by atoms with van der Waals surface area (Å²) in [5.74, 6) is -2.76. The first-order chi connectivity index (χ1) is 14.1. The summed E-state index contributed by atoms with van der Waals surface area (Å²) in [5, 5.41) is 5.85. The molecule has 0 saturated carbocycles. The second-order valence-corrected chi connectivity index (χ2v) is 7.28. The number of anilines is 1. The Morgan fingerprint density at radius 3 is 2.97 bits per heavy atom. The number of rotatable bonds is 6. The number of hydrogen-bond donors (Lipinski definition) is 3. The van der Waals surface area contributed by atoms with Crippen molar-refractivity contribution in [1.82, 2.24) is 15.0 Å². The molecule has 0 radical (unpaired) electrons. The van der Waals surface area contributed by atoms with Gasteiger partial charge in [0.2, 0.25) is 5.91 Å². The van der Waals surface area contributed by atoms with Gasteiger partial charge in [0.25, 0.3) is 0 Å². The fourth-order valence-electron chi connectivity index (χ4n) is 3.19. The van der Waals surface area contributed by atoms with Crippen LogP contribution in [0.3, 0.4) is 0 Å². The molecule has 3 heterocycles. The molecule has 4 aromatic rings. The number of H-pyrrole nitrogens is 1. The Bertz CT molecular complexity index is 1170. The van der Waals surface area contributed by atoms with Crippen LogP contribution >= 0.6 is 11.3 Å². The van der Waals surface area contributed by atoms with Crippen LogP contribution in [0.5, 0.6) is 0 Å². The van der Waals surface area contributed by atoms with Gasteiger partial charge < -0.3 is 16.0 Å². The van der Waals surface area contributed by atoms with Crippen LogP contribution in [0.15, 0.2) is 48.1 Å². The van der Waals surface area contributed by atoms with Gasteiger partial charge >= 0.3 is 0 Å². The van der Waals surface area contributed by atoms with Crippen LogP contribution in [-0.2, 0) is 4.79 Å².